The number of nitrogens with zero attached hydrogens (tertiary/aromatic N) is 4. The molecule has 1 spiro atoms. The van der Waals surface area contributed by atoms with Gasteiger partial charge in [-0.15, -0.1) is 0 Å². The average Bonchev–Trinajstić information content (AvgIpc) is 3.05. The number of carbonyl (C=O) groups excluding carboxylic acids is 1. The Morgan fingerprint density at radius 3 is 2.65 bits per heavy atom. The van der Waals surface area contributed by atoms with Crippen molar-refractivity contribution in [1.29, 1.82) is 0 Å². The van der Waals surface area contributed by atoms with Crippen LogP contribution in [0.4, 0.5) is 16.3 Å². The fraction of sp³-hybridized carbons (Fsp3) is 0.696. The maximum atomic E-state index is 13.5. The van der Waals surface area contributed by atoms with Gasteiger partial charge in [0.15, 0.2) is 0 Å². The molecular weight excluding hydrogens is 396 g/mol. The van der Waals surface area contributed by atoms with Crippen molar-refractivity contribution in [2.75, 3.05) is 36.0 Å². The second kappa shape index (κ2) is 8.65. The molecule has 4 rings (SSSR count). The number of anilines is 2. The van der Waals surface area contributed by atoms with Gasteiger partial charge in [0, 0.05) is 32.2 Å². The van der Waals surface area contributed by atoms with Gasteiger partial charge >= 0.3 is 6.09 Å². The van der Waals surface area contributed by atoms with E-state index in [9.17, 15) is 19.8 Å². The van der Waals surface area contributed by atoms with E-state index >= 15 is 0 Å². The van der Waals surface area contributed by atoms with Crippen molar-refractivity contribution in [2.24, 2.45) is 5.41 Å². The smallest absolute Gasteiger partial charge is 0.411 e. The quantitative estimate of drug-likeness (QED) is 0.762. The summed E-state index contributed by atoms with van der Waals surface area (Å²) in [5.74, 6) is 1.09. The molecule has 2 saturated heterocycles. The second-order valence-electron chi connectivity index (χ2n) is 9.37. The third-order valence-electron chi connectivity index (χ3n) is 7.46. The molecule has 3 fully saturated rings. The van der Waals surface area contributed by atoms with Crippen LogP contribution in [0.1, 0.15) is 57.4 Å². The summed E-state index contributed by atoms with van der Waals surface area (Å²) >= 11 is 0. The first-order valence-electron chi connectivity index (χ1n) is 11.6. The molecule has 1 saturated carbocycles. The number of aromatic nitrogens is 1. The zero-order valence-electron chi connectivity index (χ0n) is 18.6. The first-order chi connectivity index (χ1) is 14.8. The highest BCUT2D eigenvalue weighted by Crippen LogP contribution is 2.43. The van der Waals surface area contributed by atoms with Crippen molar-refractivity contribution in [1.82, 2.24) is 9.88 Å². The molecule has 170 valence electrons. The highest BCUT2D eigenvalue weighted by Gasteiger charge is 2.50. The lowest BCUT2D eigenvalue weighted by Crippen LogP contribution is -2.50. The number of aliphatic hydroxyl groups excluding tert-OH is 1. The third-order valence-corrected chi connectivity index (χ3v) is 7.46. The van der Waals surface area contributed by atoms with E-state index in [4.69, 9.17) is 0 Å². The van der Waals surface area contributed by atoms with Crippen molar-refractivity contribution >= 4 is 23.5 Å². The Morgan fingerprint density at radius 1 is 1.26 bits per heavy atom. The molecule has 1 aliphatic carbocycles. The molecule has 1 aromatic heterocycles. The van der Waals surface area contributed by atoms with E-state index in [0.29, 0.717) is 18.8 Å². The molecule has 1 unspecified atom stereocenters. The van der Waals surface area contributed by atoms with Gasteiger partial charge in [-0.1, -0.05) is 0 Å². The van der Waals surface area contributed by atoms with Crippen LogP contribution < -0.4 is 9.80 Å². The molecule has 2 N–H and O–H groups in total. The summed E-state index contributed by atoms with van der Waals surface area (Å²) in [6.07, 6.45) is 6.54. The molecule has 2 amide bonds. The lowest BCUT2D eigenvalue weighted by atomic mass is 9.78. The maximum absolute atomic E-state index is 13.5. The summed E-state index contributed by atoms with van der Waals surface area (Å²) in [4.78, 5) is 35.2. The maximum Gasteiger partial charge on any atom is 0.411 e. The van der Waals surface area contributed by atoms with Gasteiger partial charge in [0.05, 0.1) is 23.4 Å². The minimum Gasteiger partial charge on any atom is -0.465 e. The molecule has 1 aromatic rings. The lowest BCUT2D eigenvalue weighted by molar-refractivity contribution is -0.139. The van der Waals surface area contributed by atoms with E-state index in [1.807, 2.05) is 13.0 Å². The van der Waals surface area contributed by atoms with Crippen LogP contribution >= 0.6 is 0 Å². The SMILES string of the molecule is CCN(C(=O)O)c1cnc(N2CCCC3(CCN([C@H]4CC[C@H](O)CC4)C3=O)C2)cc1C. The van der Waals surface area contributed by atoms with E-state index in [0.717, 1.165) is 69.4 Å². The fourth-order valence-corrected chi connectivity index (χ4v) is 5.67. The Hall–Kier alpha value is -2.35. The van der Waals surface area contributed by atoms with E-state index in [1.54, 1.807) is 13.1 Å². The topological polar surface area (TPSA) is 97.2 Å². The number of amides is 2. The van der Waals surface area contributed by atoms with Gasteiger partial charge in [0.2, 0.25) is 5.91 Å². The predicted octanol–water partition coefficient (Wildman–Crippen LogP) is 3.02. The zero-order valence-corrected chi connectivity index (χ0v) is 18.6. The third kappa shape index (κ3) is 4.10. The summed E-state index contributed by atoms with van der Waals surface area (Å²) in [6, 6.07) is 2.21. The predicted molar refractivity (Wildman–Crippen MR) is 118 cm³/mol. The van der Waals surface area contributed by atoms with Crippen molar-refractivity contribution < 1.29 is 19.8 Å². The molecular formula is C23H34N4O4. The molecule has 3 heterocycles. The van der Waals surface area contributed by atoms with E-state index in [2.05, 4.69) is 14.8 Å². The molecule has 2 aliphatic heterocycles. The number of aryl methyl sites for hydroxylation is 1. The second-order valence-corrected chi connectivity index (χ2v) is 9.37. The van der Waals surface area contributed by atoms with Crippen LogP contribution in [0.5, 0.6) is 0 Å². The van der Waals surface area contributed by atoms with Crippen molar-refractivity contribution in [3.63, 3.8) is 0 Å². The zero-order chi connectivity index (χ0) is 22.2. The largest absolute Gasteiger partial charge is 0.465 e. The molecule has 1 atom stereocenters. The van der Waals surface area contributed by atoms with E-state index in [1.165, 1.54) is 4.90 Å². The Kier molecular flexibility index (Phi) is 6.10. The van der Waals surface area contributed by atoms with Crippen molar-refractivity contribution in [2.45, 2.75) is 70.9 Å². The van der Waals surface area contributed by atoms with E-state index < -0.39 is 6.09 Å². The van der Waals surface area contributed by atoms with Gasteiger partial charge in [-0.25, -0.2) is 9.78 Å². The summed E-state index contributed by atoms with van der Waals surface area (Å²) in [7, 11) is 0. The Balaban J connectivity index is 1.49. The Bertz CT molecular complexity index is 839. The average molecular weight is 431 g/mol. The number of pyridine rings is 1. The first-order valence-corrected chi connectivity index (χ1v) is 11.6. The first kappa shape index (κ1) is 21.9. The summed E-state index contributed by atoms with van der Waals surface area (Å²) in [5, 5.41) is 19.2. The van der Waals surface area contributed by atoms with Gasteiger partial charge in [0.1, 0.15) is 5.82 Å². The molecule has 31 heavy (non-hydrogen) atoms. The molecule has 0 bridgehead atoms. The highest BCUT2D eigenvalue weighted by molar-refractivity contribution is 5.87. The Morgan fingerprint density at radius 2 is 2.00 bits per heavy atom. The summed E-state index contributed by atoms with van der Waals surface area (Å²) in [6.45, 7) is 6.41. The number of likely N-dealkylation sites (tertiary alicyclic amines) is 1. The van der Waals surface area contributed by atoms with Gasteiger partial charge in [-0.2, -0.15) is 0 Å². The number of rotatable bonds is 4. The van der Waals surface area contributed by atoms with Crippen LogP contribution in [-0.4, -0.2) is 70.4 Å². The van der Waals surface area contributed by atoms with Crippen LogP contribution in [0.15, 0.2) is 12.3 Å². The van der Waals surface area contributed by atoms with Gasteiger partial charge in [-0.05, 0) is 70.4 Å². The molecule has 0 radical (unpaired) electrons. The number of piperidine rings is 1. The van der Waals surface area contributed by atoms with Crippen molar-refractivity contribution in [3.8, 4) is 0 Å². The summed E-state index contributed by atoms with van der Waals surface area (Å²) in [5.41, 5.74) is 1.13. The normalized spacial score (nSPS) is 28.9. The van der Waals surface area contributed by atoms with Crippen molar-refractivity contribution in [3.05, 3.63) is 17.8 Å². The van der Waals surface area contributed by atoms with Crippen LogP contribution in [0.25, 0.3) is 0 Å². The van der Waals surface area contributed by atoms with Crippen LogP contribution in [0.2, 0.25) is 0 Å². The molecule has 3 aliphatic rings. The molecule has 8 heteroatoms. The van der Waals surface area contributed by atoms with E-state index in [-0.39, 0.29) is 23.5 Å². The van der Waals surface area contributed by atoms with Crippen LogP contribution in [0.3, 0.4) is 0 Å². The van der Waals surface area contributed by atoms with Gasteiger partial charge in [-0.3, -0.25) is 9.69 Å². The number of aliphatic hydroxyl groups is 1. The van der Waals surface area contributed by atoms with Crippen LogP contribution in [-0.2, 0) is 4.79 Å². The number of hydrogen-bond donors (Lipinski definition) is 2. The minimum atomic E-state index is -0.982. The van der Waals surface area contributed by atoms with Crippen LogP contribution in [0, 0.1) is 12.3 Å². The monoisotopic (exact) mass is 430 g/mol. The number of carboxylic acid groups (broad SMARTS) is 1. The molecule has 0 aromatic carbocycles. The highest BCUT2D eigenvalue weighted by atomic mass is 16.4. The minimum absolute atomic E-state index is 0.213. The lowest BCUT2D eigenvalue weighted by Gasteiger charge is -2.41. The molecule has 8 nitrogen and oxygen atoms in total. The van der Waals surface area contributed by atoms with Gasteiger partial charge in [0.25, 0.3) is 0 Å². The van der Waals surface area contributed by atoms with Gasteiger partial charge < -0.3 is 20.0 Å². The number of carbonyl (C=O) groups is 2. The number of hydrogen-bond acceptors (Lipinski definition) is 5. The Labute approximate surface area is 183 Å². The fourth-order valence-electron chi connectivity index (χ4n) is 5.67. The summed E-state index contributed by atoms with van der Waals surface area (Å²) < 4.78 is 0. The standard InChI is InChI=1S/C23H34N4O4/c1-3-26(22(30)31)19-14-24-20(13-16(19)2)25-11-4-9-23(15-25)10-12-27(21(23)29)17-5-7-18(28)8-6-17/h13-14,17-18,28H,3-12,15H2,1-2H3,(H,30,31)/t17-,18-,23?.